The van der Waals surface area contributed by atoms with Crippen LogP contribution in [0.5, 0.6) is 0 Å². The predicted molar refractivity (Wildman–Crippen MR) is 107 cm³/mol. The molecule has 2 amide bonds. The average Bonchev–Trinajstić information content (AvgIpc) is 3.19. The van der Waals surface area contributed by atoms with Crippen LogP contribution in [0.3, 0.4) is 0 Å². The van der Waals surface area contributed by atoms with Gasteiger partial charge in [0.1, 0.15) is 0 Å². The fraction of sp³-hybridized carbons (Fsp3) is 0.0435. The third kappa shape index (κ3) is 2.14. The van der Waals surface area contributed by atoms with Crippen molar-refractivity contribution in [2.24, 2.45) is 0 Å². The smallest absolute Gasteiger partial charge is 0.263 e. The summed E-state index contributed by atoms with van der Waals surface area (Å²) in [6.07, 6.45) is 0. The van der Waals surface area contributed by atoms with Gasteiger partial charge >= 0.3 is 0 Å². The second-order valence-corrected chi connectivity index (χ2v) is 6.89. The van der Waals surface area contributed by atoms with Crippen molar-refractivity contribution in [3.8, 4) is 17.8 Å². The molecule has 0 spiro atoms. The lowest BCUT2D eigenvalue weighted by Gasteiger charge is -2.12. The van der Waals surface area contributed by atoms with Gasteiger partial charge in [0.15, 0.2) is 0 Å². The number of nitriles is 2. The van der Waals surface area contributed by atoms with Crippen LogP contribution in [0.25, 0.3) is 27.5 Å². The minimum atomic E-state index is -0.372. The maximum absolute atomic E-state index is 12.8. The highest BCUT2D eigenvalue weighted by molar-refractivity contribution is 6.23. The first-order valence-electron chi connectivity index (χ1n) is 8.89. The first-order chi connectivity index (χ1) is 14.0. The van der Waals surface area contributed by atoms with Crippen LogP contribution in [0.1, 0.15) is 31.8 Å². The highest BCUT2D eigenvalue weighted by atomic mass is 16.2. The van der Waals surface area contributed by atoms with E-state index in [-0.39, 0.29) is 11.8 Å². The highest BCUT2D eigenvalue weighted by Gasteiger charge is 2.35. The Morgan fingerprint density at radius 1 is 0.793 bits per heavy atom. The Morgan fingerprint density at radius 2 is 1.38 bits per heavy atom. The Morgan fingerprint density at radius 3 is 1.93 bits per heavy atom. The van der Waals surface area contributed by atoms with E-state index in [9.17, 15) is 20.1 Å². The molecule has 29 heavy (non-hydrogen) atoms. The van der Waals surface area contributed by atoms with E-state index in [1.54, 1.807) is 42.5 Å². The summed E-state index contributed by atoms with van der Waals surface area (Å²) < 4.78 is 1.86. The van der Waals surface area contributed by atoms with Crippen LogP contribution in [0.4, 0.5) is 0 Å². The van der Waals surface area contributed by atoms with Crippen molar-refractivity contribution >= 4 is 33.6 Å². The fourth-order valence-corrected chi connectivity index (χ4v) is 3.99. The summed E-state index contributed by atoms with van der Waals surface area (Å²) in [4.78, 5) is 26.4. The lowest BCUT2D eigenvalue weighted by molar-refractivity contribution is 0.0693. The molecule has 5 rings (SSSR count). The normalized spacial score (nSPS) is 13.0. The van der Waals surface area contributed by atoms with E-state index < -0.39 is 0 Å². The topological polar surface area (TPSA) is 89.9 Å². The van der Waals surface area contributed by atoms with E-state index in [2.05, 4.69) is 12.1 Å². The summed E-state index contributed by atoms with van der Waals surface area (Å²) in [6.45, 7) is 0. The van der Waals surface area contributed by atoms with Crippen molar-refractivity contribution < 1.29 is 9.59 Å². The molecule has 0 aliphatic carbocycles. The predicted octanol–water partition coefficient (Wildman–Crippen LogP) is 3.75. The van der Waals surface area contributed by atoms with Crippen LogP contribution in [-0.2, 0) is 0 Å². The van der Waals surface area contributed by atoms with E-state index in [1.165, 1.54) is 7.05 Å². The van der Waals surface area contributed by atoms with Crippen molar-refractivity contribution in [1.29, 1.82) is 10.5 Å². The van der Waals surface area contributed by atoms with Crippen molar-refractivity contribution in [3.05, 3.63) is 76.9 Å². The molecule has 2 heterocycles. The number of amides is 2. The zero-order valence-electron chi connectivity index (χ0n) is 15.3. The third-order valence-corrected chi connectivity index (χ3v) is 5.36. The minimum absolute atomic E-state index is 0.323. The molecule has 0 radical (unpaired) electrons. The van der Waals surface area contributed by atoms with Crippen LogP contribution in [0.15, 0.2) is 54.6 Å². The summed E-state index contributed by atoms with van der Waals surface area (Å²) >= 11 is 0. The Bertz CT molecular complexity index is 1410. The third-order valence-electron chi connectivity index (χ3n) is 5.36. The van der Waals surface area contributed by atoms with Crippen LogP contribution in [-0.4, -0.2) is 28.3 Å². The van der Waals surface area contributed by atoms with Crippen LogP contribution in [0.2, 0.25) is 0 Å². The fourth-order valence-electron chi connectivity index (χ4n) is 3.99. The number of hydrogen-bond acceptors (Lipinski definition) is 4. The second-order valence-electron chi connectivity index (χ2n) is 6.89. The number of carbonyl (C=O) groups is 2. The number of rotatable bonds is 1. The first-order valence-corrected chi connectivity index (χ1v) is 8.89. The molecular formula is C23H12N4O2. The van der Waals surface area contributed by atoms with Gasteiger partial charge in [-0.25, -0.2) is 0 Å². The van der Waals surface area contributed by atoms with Gasteiger partial charge in [0.2, 0.25) is 0 Å². The van der Waals surface area contributed by atoms with Crippen molar-refractivity contribution in [2.75, 3.05) is 7.05 Å². The average molecular weight is 376 g/mol. The summed E-state index contributed by atoms with van der Waals surface area (Å²) in [7, 11) is 1.46. The Labute approximate surface area is 165 Å². The number of benzene rings is 3. The zero-order valence-corrected chi connectivity index (χ0v) is 15.3. The van der Waals surface area contributed by atoms with Crippen LogP contribution >= 0.6 is 0 Å². The van der Waals surface area contributed by atoms with Gasteiger partial charge in [-0.05, 0) is 36.4 Å². The molecule has 0 atom stereocenters. The molecular weight excluding hydrogens is 364 g/mol. The van der Waals surface area contributed by atoms with Gasteiger partial charge in [-0.15, -0.1) is 0 Å². The number of imide groups is 1. The van der Waals surface area contributed by atoms with E-state index in [1.807, 2.05) is 16.7 Å². The quantitative estimate of drug-likeness (QED) is 0.473. The molecule has 3 aromatic carbocycles. The summed E-state index contributed by atoms with van der Waals surface area (Å²) in [5.74, 6) is -0.716. The first kappa shape index (κ1) is 16.7. The van der Waals surface area contributed by atoms with Gasteiger partial charge in [-0.2, -0.15) is 10.5 Å². The van der Waals surface area contributed by atoms with Crippen LogP contribution in [0, 0.1) is 22.7 Å². The Balaban J connectivity index is 1.98. The van der Waals surface area contributed by atoms with Gasteiger partial charge in [-0.1, -0.05) is 18.2 Å². The monoisotopic (exact) mass is 376 g/mol. The minimum Gasteiger partial charge on any atom is -0.308 e. The lowest BCUT2D eigenvalue weighted by Crippen LogP contribution is -2.24. The van der Waals surface area contributed by atoms with Gasteiger partial charge in [0.05, 0.1) is 51.1 Å². The van der Waals surface area contributed by atoms with Crippen molar-refractivity contribution in [3.63, 3.8) is 0 Å². The molecule has 6 heteroatoms. The second kappa shape index (κ2) is 5.79. The van der Waals surface area contributed by atoms with E-state index in [4.69, 9.17) is 0 Å². The molecule has 6 nitrogen and oxygen atoms in total. The molecule has 0 fully saturated rings. The molecule has 0 unspecified atom stereocenters. The maximum atomic E-state index is 12.8. The molecule has 4 aromatic rings. The number of hydrogen-bond donors (Lipinski definition) is 0. The molecule has 1 aliphatic rings. The molecule has 1 aliphatic heterocycles. The molecule has 0 saturated heterocycles. The summed E-state index contributed by atoms with van der Waals surface area (Å²) in [5.41, 5.74) is 3.65. The highest BCUT2D eigenvalue weighted by Crippen LogP contribution is 2.36. The number of fused-ring (bicyclic) bond motifs is 4. The van der Waals surface area contributed by atoms with Crippen molar-refractivity contribution in [2.45, 2.75) is 0 Å². The zero-order chi connectivity index (χ0) is 20.3. The SMILES string of the molecule is CN1C(=O)c2cccc(-n3c4cc(C#N)ccc4c4ccc(C#N)cc43)c2C1=O. The van der Waals surface area contributed by atoms with E-state index >= 15 is 0 Å². The van der Waals surface area contributed by atoms with Gasteiger partial charge in [0.25, 0.3) is 11.8 Å². The standard InChI is InChI=1S/C23H12N4O2/c1-26-22(28)17-3-2-4-18(21(17)23(26)29)27-19-9-13(11-24)5-7-15(19)16-8-6-14(12-25)10-20(16)27/h2-10H,1H3. The number of aromatic nitrogens is 1. The molecule has 0 saturated carbocycles. The summed E-state index contributed by atoms with van der Waals surface area (Å²) in [5, 5.41) is 20.5. The maximum Gasteiger partial charge on any atom is 0.263 e. The van der Waals surface area contributed by atoms with Crippen molar-refractivity contribution in [1.82, 2.24) is 9.47 Å². The van der Waals surface area contributed by atoms with Gasteiger partial charge in [-0.3, -0.25) is 14.5 Å². The molecule has 1 aromatic heterocycles. The Hall–Kier alpha value is -4.42. The molecule has 136 valence electrons. The number of carbonyl (C=O) groups excluding carboxylic acids is 2. The Kier molecular flexibility index (Phi) is 3.34. The van der Waals surface area contributed by atoms with Gasteiger partial charge in [0, 0.05) is 17.8 Å². The molecule has 0 bridgehead atoms. The molecule has 0 N–H and O–H groups in total. The van der Waals surface area contributed by atoms with Gasteiger partial charge < -0.3 is 4.57 Å². The van der Waals surface area contributed by atoms with Crippen LogP contribution < -0.4 is 0 Å². The summed E-state index contributed by atoms with van der Waals surface area (Å²) in [6, 6.07) is 20.2. The van der Waals surface area contributed by atoms with E-state index in [0.717, 1.165) is 26.7 Å². The lowest BCUT2D eigenvalue weighted by atomic mass is 10.1. The number of nitrogens with zero attached hydrogens (tertiary/aromatic N) is 4. The largest absolute Gasteiger partial charge is 0.308 e. The van der Waals surface area contributed by atoms with E-state index in [0.29, 0.717) is 27.9 Å².